The highest BCUT2D eigenvalue weighted by molar-refractivity contribution is 5.25. The van der Waals surface area contributed by atoms with Crippen LogP contribution in [0.3, 0.4) is 0 Å². The fourth-order valence-electron chi connectivity index (χ4n) is 5.22. The molecule has 1 aromatic carbocycles. The summed E-state index contributed by atoms with van der Waals surface area (Å²) < 4.78 is 0. The summed E-state index contributed by atoms with van der Waals surface area (Å²) in [5.74, 6) is 1.52. The Bertz CT molecular complexity index is 649. The van der Waals surface area contributed by atoms with Crippen molar-refractivity contribution < 1.29 is 0 Å². The third kappa shape index (κ3) is 14.0. The molecule has 0 saturated carbocycles. The first kappa shape index (κ1) is 28.7. The average Bonchev–Trinajstić information content (AvgIpc) is 3.40. The molecule has 0 aliphatic rings. The highest BCUT2D eigenvalue weighted by atomic mass is 14.9. The van der Waals surface area contributed by atoms with E-state index in [0.29, 0.717) is 5.92 Å². The normalized spacial score (nSPS) is 12.3. The minimum absolute atomic E-state index is 0.409. The molecule has 0 spiro atoms. The number of rotatable bonds is 23. The summed E-state index contributed by atoms with van der Waals surface area (Å²) in [6.07, 6.45) is 33.7. The highest BCUT2D eigenvalue weighted by Crippen LogP contribution is 2.27. The molecule has 1 aromatic heterocycles. The van der Waals surface area contributed by atoms with E-state index in [2.05, 4.69) is 47.2 Å². The summed E-state index contributed by atoms with van der Waals surface area (Å²) in [5, 5.41) is 0. The fraction of sp³-hybridized carbons (Fsp3) is 0.719. The second-order valence-electron chi connectivity index (χ2n) is 10.4. The molecule has 0 saturated heterocycles. The van der Waals surface area contributed by atoms with E-state index in [1.807, 2.05) is 12.4 Å². The molecule has 2 heteroatoms. The molecule has 1 heterocycles. The SMILES string of the molecule is CCCCCCCCCCCCCCCCCCCCCCC(c1ccccc1)c1ncc[nH]1. The van der Waals surface area contributed by atoms with E-state index >= 15 is 0 Å². The number of aromatic amines is 1. The number of benzene rings is 1. The van der Waals surface area contributed by atoms with Crippen LogP contribution in [0.2, 0.25) is 0 Å². The van der Waals surface area contributed by atoms with E-state index in [0.717, 1.165) is 5.82 Å². The van der Waals surface area contributed by atoms with Gasteiger partial charge in [0.2, 0.25) is 0 Å². The molecule has 0 aliphatic heterocycles. The molecule has 2 aromatic rings. The van der Waals surface area contributed by atoms with Crippen molar-refractivity contribution in [2.75, 3.05) is 0 Å². The van der Waals surface area contributed by atoms with Gasteiger partial charge in [-0.05, 0) is 12.0 Å². The minimum Gasteiger partial charge on any atom is -0.348 e. The van der Waals surface area contributed by atoms with Crippen molar-refractivity contribution in [1.29, 1.82) is 0 Å². The molecule has 0 fully saturated rings. The summed E-state index contributed by atoms with van der Waals surface area (Å²) >= 11 is 0. The van der Waals surface area contributed by atoms with Crippen molar-refractivity contribution in [3.63, 3.8) is 0 Å². The first-order chi connectivity index (χ1) is 16.9. The summed E-state index contributed by atoms with van der Waals surface area (Å²) in [5.41, 5.74) is 1.38. The molecule has 1 atom stereocenters. The van der Waals surface area contributed by atoms with Crippen molar-refractivity contribution >= 4 is 0 Å². The number of unbranched alkanes of at least 4 members (excludes halogenated alkanes) is 19. The number of hydrogen-bond acceptors (Lipinski definition) is 1. The first-order valence-corrected chi connectivity index (χ1v) is 15.0. The molecule has 1 N–H and O–H groups in total. The van der Waals surface area contributed by atoms with Crippen molar-refractivity contribution in [3.05, 3.63) is 54.1 Å². The molecule has 2 rings (SSSR count). The summed E-state index contributed by atoms with van der Waals surface area (Å²) in [7, 11) is 0. The Kier molecular flexibility index (Phi) is 17.5. The van der Waals surface area contributed by atoms with E-state index < -0.39 is 0 Å². The third-order valence-corrected chi connectivity index (χ3v) is 7.40. The van der Waals surface area contributed by atoms with Gasteiger partial charge in [-0.1, -0.05) is 166 Å². The second kappa shape index (κ2) is 20.8. The Morgan fingerprint density at radius 3 is 1.44 bits per heavy atom. The van der Waals surface area contributed by atoms with Gasteiger partial charge in [-0.3, -0.25) is 0 Å². The molecule has 0 bridgehead atoms. The largest absolute Gasteiger partial charge is 0.348 e. The standard InChI is InChI=1S/C32H54N2/c1-2-3-4-5-6-7-8-9-10-11-12-13-14-15-16-17-18-19-20-24-27-31(32-33-28-29-34-32)30-25-22-21-23-26-30/h21-23,25-26,28-29,31H,2-20,24,27H2,1H3,(H,33,34). The van der Waals surface area contributed by atoms with Crippen LogP contribution < -0.4 is 0 Å². The molecular weight excluding hydrogens is 412 g/mol. The second-order valence-corrected chi connectivity index (χ2v) is 10.4. The van der Waals surface area contributed by atoms with Gasteiger partial charge in [0.15, 0.2) is 0 Å². The van der Waals surface area contributed by atoms with Gasteiger partial charge in [0.05, 0.1) is 0 Å². The monoisotopic (exact) mass is 466 g/mol. The summed E-state index contributed by atoms with van der Waals surface area (Å²) in [6, 6.07) is 10.9. The van der Waals surface area contributed by atoms with Gasteiger partial charge in [-0.15, -0.1) is 0 Å². The Labute approximate surface area is 211 Å². The predicted octanol–water partition coefficient (Wildman–Crippen LogP) is 10.8. The first-order valence-electron chi connectivity index (χ1n) is 15.0. The third-order valence-electron chi connectivity index (χ3n) is 7.40. The van der Waals surface area contributed by atoms with E-state index in [4.69, 9.17) is 0 Å². The quantitative estimate of drug-likeness (QED) is 0.162. The summed E-state index contributed by atoms with van der Waals surface area (Å²) in [6.45, 7) is 2.30. The zero-order valence-corrected chi connectivity index (χ0v) is 22.4. The lowest BCUT2D eigenvalue weighted by atomic mass is 9.92. The Morgan fingerprint density at radius 1 is 0.588 bits per heavy atom. The summed E-state index contributed by atoms with van der Waals surface area (Å²) in [4.78, 5) is 7.88. The number of imidazole rings is 1. The van der Waals surface area contributed by atoms with Crippen LogP contribution in [-0.2, 0) is 0 Å². The fourth-order valence-corrected chi connectivity index (χ4v) is 5.22. The lowest BCUT2D eigenvalue weighted by Crippen LogP contribution is -2.03. The Balaban J connectivity index is 1.34. The van der Waals surface area contributed by atoms with Crippen molar-refractivity contribution in [2.24, 2.45) is 0 Å². The van der Waals surface area contributed by atoms with Gasteiger partial charge in [-0.25, -0.2) is 4.98 Å². The van der Waals surface area contributed by atoms with E-state index in [1.165, 1.54) is 140 Å². The van der Waals surface area contributed by atoms with E-state index in [-0.39, 0.29) is 0 Å². The van der Waals surface area contributed by atoms with Crippen LogP contribution in [0.5, 0.6) is 0 Å². The van der Waals surface area contributed by atoms with Crippen LogP contribution in [-0.4, -0.2) is 9.97 Å². The van der Waals surface area contributed by atoms with Gasteiger partial charge >= 0.3 is 0 Å². The maximum Gasteiger partial charge on any atom is 0.113 e. The van der Waals surface area contributed by atoms with Gasteiger partial charge in [0, 0.05) is 18.3 Å². The molecule has 0 aliphatic carbocycles. The average molecular weight is 467 g/mol. The molecule has 1 unspecified atom stereocenters. The number of aromatic nitrogens is 2. The maximum absolute atomic E-state index is 4.54. The number of hydrogen-bond donors (Lipinski definition) is 1. The predicted molar refractivity (Wildman–Crippen MR) is 150 cm³/mol. The van der Waals surface area contributed by atoms with Crippen LogP contribution in [0.15, 0.2) is 42.7 Å². The van der Waals surface area contributed by atoms with Crippen LogP contribution in [0, 0.1) is 0 Å². The van der Waals surface area contributed by atoms with E-state index in [1.54, 1.807) is 0 Å². The van der Waals surface area contributed by atoms with Gasteiger partial charge in [-0.2, -0.15) is 0 Å². The van der Waals surface area contributed by atoms with Crippen molar-refractivity contribution in [1.82, 2.24) is 9.97 Å². The highest BCUT2D eigenvalue weighted by Gasteiger charge is 2.15. The van der Waals surface area contributed by atoms with Crippen LogP contribution in [0.25, 0.3) is 0 Å². The van der Waals surface area contributed by atoms with Crippen LogP contribution >= 0.6 is 0 Å². The number of nitrogens with one attached hydrogen (secondary N) is 1. The minimum atomic E-state index is 0.409. The molecule has 2 nitrogen and oxygen atoms in total. The Hall–Kier alpha value is -1.57. The lowest BCUT2D eigenvalue weighted by molar-refractivity contribution is 0.517. The molecule has 34 heavy (non-hydrogen) atoms. The van der Waals surface area contributed by atoms with Gasteiger partial charge in [0.1, 0.15) is 5.82 Å². The van der Waals surface area contributed by atoms with Crippen LogP contribution in [0.1, 0.15) is 159 Å². The van der Waals surface area contributed by atoms with Gasteiger partial charge < -0.3 is 4.98 Å². The zero-order chi connectivity index (χ0) is 23.9. The lowest BCUT2D eigenvalue weighted by Gasteiger charge is -2.15. The van der Waals surface area contributed by atoms with Crippen molar-refractivity contribution in [2.45, 2.75) is 148 Å². The van der Waals surface area contributed by atoms with Gasteiger partial charge in [0.25, 0.3) is 0 Å². The topological polar surface area (TPSA) is 28.7 Å². The molecule has 0 amide bonds. The molecule has 192 valence electrons. The molecular formula is C32H54N2. The number of H-pyrrole nitrogens is 1. The number of nitrogens with zero attached hydrogens (tertiary/aromatic N) is 1. The zero-order valence-electron chi connectivity index (χ0n) is 22.4. The smallest absolute Gasteiger partial charge is 0.113 e. The maximum atomic E-state index is 4.54. The van der Waals surface area contributed by atoms with Crippen molar-refractivity contribution in [3.8, 4) is 0 Å². The Morgan fingerprint density at radius 2 is 1.03 bits per heavy atom. The van der Waals surface area contributed by atoms with Crippen LogP contribution in [0.4, 0.5) is 0 Å². The molecule has 0 radical (unpaired) electrons. The van der Waals surface area contributed by atoms with E-state index in [9.17, 15) is 0 Å².